The van der Waals surface area contributed by atoms with Gasteiger partial charge in [-0.1, -0.05) is 16.6 Å². The minimum atomic E-state index is -1.28. The minimum absolute atomic E-state index is 0.236. The molecule has 0 spiro atoms. The molecule has 1 unspecified atom stereocenters. The number of halogens is 1. The van der Waals surface area contributed by atoms with E-state index in [0.717, 1.165) is 16.3 Å². The first-order valence-electron chi connectivity index (χ1n) is 9.04. The quantitative estimate of drug-likeness (QED) is 0.738. The van der Waals surface area contributed by atoms with E-state index in [1.54, 1.807) is 27.3 Å². The maximum Gasteiger partial charge on any atom is 0.407 e. The maximum atomic E-state index is 13.1. The van der Waals surface area contributed by atoms with E-state index in [0.29, 0.717) is 22.4 Å². The van der Waals surface area contributed by atoms with Crippen LogP contribution >= 0.6 is 11.6 Å². The summed E-state index contributed by atoms with van der Waals surface area (Å²) in [4.78, 5) is 43.4. The molecule has 30 heavy (non-hydrogen) atoms. The zero-order valence-corrected chi connectivity index (χ0v) is 17.5. The average Bonchev–Trinajstić information content (AvgIpc) is 3.19. The van der Waals surface area contributed by atoms with Gasteiger partial charge in [0.1, 0.15) is 17.9 Å². The third kappa shape index (κ3) is 2.67. The molecular weight excluding hydrogens is 414 g/mol. The van der Waals surface area contributed by atoms with Crippen LogP contribution in [-0.4, -0.2) is 63.9 Å². The van der Waals surface area contributed by atoms with Gasteiger partial charge in [-0.25, -0.2) is 14.3 Å². The van der Waals surface area contributed by atoms with Gasteiger partial charge < -0.3 is 9.84 Å². The number of ether oxygens (including phenoxy) is 1. The second-order valence-corrected chi connectivity index (χ2v) is 7.46. The lowest BCUT2D eigenvalue weighted by Crippen LogP contribution is -2.64. The predicted molar refractivity (Wildman–Crippen MR) is 106 cm³/mol. The number of carbonyl (C=O) groups excluding carboxylic acids is 2. The largest absolute Gasteiger partial charge is 0.493 e. The number of amides is 3. The van der Waals surface area contributed by atoms with Crippen LogP contribution in [0.15, 0.2) is 23.2 Å². The molecule has 1 saturated heterocycles. The molecule has 0 radical (unpaired) electrons. The van der Waals surface area contributed by atoms with Crippen molar-refractivity contribution in [3.8, 4) is 11.4 Å². The number of imide groups is 1. The molecule has 0 aliphatic carbocycles. The Kier molecular flexibility index (Phi) is 4.53. The lowest BCUT2D eigenvalue weighted by molar-refractivity contribution is -0.682. The summed E-state index contributed by atoms with van der Waals surface area (Å²) in [7, 11) is 3.01. The van der Waals surface area contributed by atoms with Crippen molar-refractivity contribution in [3.05, 3.63) is 34.6 Å². The zero-order chi connectivity index (χ0) is 21.9. The number of amidine groups is 1. The number of carboxylic acid groups (broad SMARTS) is 1. The number of urea groups is 1. The number of rotatable bonds is 4. The summed E-state index contributed by atoms with van der Waals surface area (Å²) in [5.41, 5.74) is 2.17. The number of hydrogen-bond acceptors (Lipinski definition) is 5. The number of aliphatic imine (C=N–C) groups is 1. The van der Waals surface area contributed by atoms with E-state index >= 15 is 0 Å². The number of carboxylic acids is 1. The number of benzene rings is 1. The Morgan fingerprint density at radius 1 is 1.33 bits per heavy atom. The Hall–Kier alpha value is -3.40. The van der Waals surface area contributed by atoms with Gasteiger partial charge in [-0.2, -0.15) is 4.57 Å². The summed E-state index contributed by atoms with van der Waals surface area (Å²) in [6.45, 7) is 2.98. The van der Waals surface area contributed by atoms with Gasteiger partial charge >= 0.3 is 17.9 Å². The van der Waals surface area contributed by atoms with Crippen LogP contribution in [0.5, 0.6) is 5.75 Å². The van der Waals surface area contributed by atoms with E-state index < -0.39 is 30.5 Å². The number of likely N-dealkylation sites (N-methyl/N-ethyl adjacent to an activating group) is 1. The van der Waals surface area contributed by atoms with Gasteiger partial charge in [-0.05, 0) is 26.0 Å². The zero-order valence-electron chi connectivity index (χ0n) is 16.7. The van der Waals surface area contributed by atoms with Gasteiger partial charge in [0.25, 0.3) is 5.91 Å². The molecule has 2 aliphatic rings. The van der Waals surface area contributed by atoms with Crippen molar-refractivity contribution in [1.82, 2.24) is 14.4 Å². The summed E-state index contributed by atoms with van der Waals surface area (Å²) in [5, 5.41) is 9.62. The van der Waals surface area contributed by atoms with Crippen LogP contribution in [0.4, 0.5) is 10.7 Å². The van der Waals surface area contributed by atoms with Crippen molar-refractivity contribution in [2.24, 2.45) is 4.99 Å². The average molecular weight is 433 g/mol. The number of fused-ring (bicyclic) bond motifs is 3. The standard InChI is InChI=1S/C19H18ClN5O5/c1-9-10(2)25-15-16(22(3)19(29)23(17(15)28)8-14(26)27)21-18(25)24(9)12-7-11(20)5-6-13(12)30-4/h5-7,15H,8H2,1-4H3/p+1. The van der Waals surface area contributed by atoms with Crippen LogP contribution < -0.4 is 9.30 Å². The highest BCUT2D eigenvalue weighted by molar-refractivity contribution is 6.30. The SMILES string of the molecule is COc1ccc(Cl)cc1-n1c(C)c(C)[n+]2c1N=C1C2C(=O)N(CC(=O)O)C(=O)N1C. The Bertz CT molecular complexity index is 1150. The highest BCUT2D eigenvalue weighted by Crippen LogP contribution is 2.36. The number of methoxy groups -OCH3 is 1. The second kappa shape index (κ2) is 6.84. The number of nitrogens with zero attached hydrogens (tertiary/aromatic N) is 5. The summed E-state index contributed by atoms with van der Waals surface area (Å²) < 4.78 is 8.98. The first-order chi connectivity index (χ1) is 14.2. The molecule has 3 amide bonds. The molecule has 1 fully saturated rings. The minimum Gasteiger partial charge on any atom is -0.493 e. The molecule has 1 N–H and O–H groups in total. The Morgan fingerprint density at radius 3 is 2.67 bits per heavy atom. The molecule has 10 nitrogen and oxygen atoms in total. The van der Waals surface area contributed by atoms with Crippen molar-refractivity contribution in [3.63, 3.8) is 0 Å². The summed E-state index contributed by atoms with van der Waals surface area (Å²) in [6, 6.07) is 3.49. The van der Waals surface area contributed by atoms with Crippen LogP contribution in [0.3, 0.4) is 0 Å². The highest BCUT2D eigenvalue weighted by atomic mass is 35.5. The molecule has 4 rings (SSSR count). The molecule has 1 aromatic heterocycles. The molecule has 156 valence electrons. The van der Waals surface area contributed by atoms with Crippen LogP contribution in [-0.2, 0) is 9.59 Å². The number of hydrogen-bond donors (Lipinski definition) is 1. The topological polar surface area (TPSA) is 108 Å². The van der Waals surface area contributed by atoms with Gasteiger partial charge in [0.05, 0.1) is 7.11 Å². The fourth-order valence-electron chi connectivity index (χ4n) is 3.84. The van der Waals surface area contributed by atoms with Crippen molar-refractivity contribution in [2.75, 3.05) is 20.7 Å². The molecule has 2 aliphatic heterocycles. The maximum absolute atomic E-state index is 13.1. The van der Waals surface area contributed by atoms with Crippen LogP contribution in [0.2, 0.25) is 5.02 Å². The molecular formula is C19H19ClN5O5+. The molecule has 0 saturated carbocycles. The fourth-order valence-corrected chi connectivity index (χ4v) is 4.01. The third-order valence-electron chi connectivity index (χ3n) is 5.39. The van der Waals surface area contributed by atoms with Gasteiger partial charge in [-0.15, -0.1) is 0 Å². The molecule has 1 aromatic carbocycles. The Labute approximate surface area is 176 Å². The number of aromatic nitrogens is 2. The van der Waals surface area contributed by atoms with E-state index in [2.05, 4.69) is 4.99 Å². The smallest absolute Gasteiger partial charge is 0.407 e. The van der Waals surface area contributed by atoms with Crippen LogP contribution in [0.1, 0.15) is 17.4 Å². The lowest BCUT2D eigenvalue weighted by atomic mass is 10.1. The molecule has 11 heteroatoms. The predicted octanol–water partition coefficient (Wildman–Crippen LogP) is 1.61. The van der Waals surface area contributed by atoms with E-state index in [4.69, 9.17) is 21.4 Å². The third-order valence-corrected chi connectivity index (χ3v) is 5.62. The van der Waals surface area contributed by atoms with E-state index in [1.165, 1.54) is 19.1 Å². The summed E-state index contributed by atoms with van der Waals surface area (Å²) in [5.74, 6) is -0.710. The normalized spacial score (nSPS) is 17.8. The van der Waals surface area contributed by atoms with Crippen molar-refractivity contribution >= 4 is 41.3 Å². The van der Waals surface area contributed by atoms with Crippen molar-refractivity contribution in [2.45, 2.75) is 19.9 Å². The van der Waals surface area contributed by atoms with Gasteiger partial charge in [-0.3, -0.25) is 14.5 Å². The molecule has 3 heterocycles. The molecule has 1 atom stereocenters. The second-order valence-electron chi connectivity index (χ2n) is 7.02. The van der Waals surface area contributed by atoms with E-state index in [9.17, 15) is 14.4 Å². The van der Waals surface area contributed by atoms with E-state index in [-0.39, 0.29) is 5.84 Å². The molecule has 0 bridgehead atoms. The number of carbonyl (C=O) groups is 3. The Balaban J connectivity index is 1.94. The first kappa shape index (κ1) is 19.9. The first-order valence-corrected chi connectivity index (χ1v) is 9.42. The van der Waals surface area contributed by atoms with Crippen molar-refractivity contribution in [1.29, 1.82) is 0 Å². The highest BCUT2D eigenvalue weighted by Gasteiger charge is 2.54. The summed E-state index contributed by atoms with van der Waals surface area (Å²) in [6.07, 6.45) is 0. The van der Waals surface area contributed by atoms with Gasteiger partial charge in [0, 0.05) is 18.1 Å². The fraction of sp³-hybridized carbons (Fsp3) is 0.316. The number of imidazole rings is 1. The lowest BCUT2D eigenvalue weighted by Gasteiger charge is -2.32. The number of aliphatic carboxylic acids is 1. The van der Waals surface area contributed by atoms with Gasteiger partial charge in [0.15, 0.2) is 11.4 Å². The molecule has 2 aromatic rings. The van der Waals surface area contributed by atoms with Gasteiger partial charge in [0.2, 0.25) is 11.9 Å². The van der Waals surface area contributed by atoms with Crippen LogP contribution in [0.25, 0.3) is 5.69 Å². The van der Waals surface area contributed by atoms with Crippen molar-refractivity contribution < 1.29 is 28.8 Å². The van der Waals surface area contributed by atoms with Crippen LogP contribution in [0, 0.1) is 13.8 Å². The summed E-state index contributed by atoms with van der Waals surface area (Å²) >= 11 is 6.21. The van der Waals surface area contributed by atoms with E-state index in [1.807, 2.05) is 13.8 Å². The Morgan fingerprint density at radius 2 is 2.03 bits per heavy atom. The monoisotopic (exact) mass is 432 g/mol.